The predicted octanol–water partition coefficient (Wildman–Crippen LogP) is 3.62. The lowest BCUT2D eigenvalue weighted by Crippen LogP contribution is -2.00. The molecule has 0 heterocycles. The summed E-state index contributed by atoms with van der Waals surface area (Å²) in [4.78, 5) is 0. The van der Waals surface area contributed by atoms with E-state index in [1.807, 2.05) is 7.85 Å². The van der Waals surface area contributed by atoms with Crippen LogP contribution in [0.4, 0.5) is 0 Å². The van der Waals surface area contributed by atoms with Crippen molar-refractivity contribution in [1.82, 2.24) is 0 Å². The van der Waals surface area contributed by atoms with E-state index in [4.69, 9.17) is 0 Å². The van der Waals surface area contributed by atoms with Crippen LogP contribution in [0.1, 0.15) is 22.3 Å². The molecule has 0 radical (unpaired) electrons. The van der Waals surface area contributed by atoms with Crippen molar-refractivity contribution < 1.29 is 5.11 Å². The van der Waals surface area contributed by atoms with Gasteiger partial charge in [0, 0.05) is 0 Å². The summed E-state index contributed by atoms with van der Waals surface area (Å²) in [6.45, 7) is 5.69. The summed E-state index contributed by atoms with van der Waals surface area (Å²) >= 11 is 0. The molecule has 2 rings (SSSR count). The third-order valence-corrected chi connectivity index (χ3v) is 3.66. The van der Waals surface area contributed by atoms with Gasteiger partial charge in [0.05, 0.1) is 5.76 Å². The first-order valence-electron chi connectivity index (χ1n) is 7.05. The van der Waals surface area contributed by atoms with Crippen LogP contribution in [0.2, 0.25) is 5.82 Å². The SMILES string of the molecule is BC(Cc1ccc(Cc2ccc(C)cc2)cc1)C(=C)O. The molecule has 0 fully saturated rings. The second kappa shape index (κ2) is 6.47. The zero-order chi connectivity index (χ0) is 14.5. The number of aliphatic hydroxyl groups is 1. The smallest absolute Gasteiger partial charge is 0.115 e. The number of allylic oxidation sites excluding steroid dienone is 1. The van der Waals surface area contributed by atoms with E-state index in [0.717, 1.165) is 12.8 Å². The molecule has 0 saturated carbocycles. The summed E-state index contributed by atoms with van der Waals surface area (Å²) in [5.74, 6) is 0.367. The van der Waals surface area contributed by atoms with Crippen molar-refractivity contribution in [3.63, 3.8) is 0 Å². The highest BCUT2D eigenvalue weighted by Crippen LogP contribution is 2.18. The van der Waals surface area contributed by atoms with Crippen LogP contribution in [0, 0.1) is 6.92 Å². The van der Waals surface area contributed by atoms with Crippen LogP contribution in [-0.2, 0) is 12.8 Å². The lowest BCUT2D eigenvalue weighted by molar-refractivity contribution is 0.391. The minimum Gasteiger partial charge on any atom is -0.513 e. The van der Waals surface area contributed by atoms with Crippen LogP contribution in [0.25, 0.3) is 0 Å². The second-order valence-electron chi connectivity index (χ2n) is 5.58. The topological polar surface area (TPSA) is 20.2 Å². The zero-order valence-corrected chi connectivity index (χ0v) is 12.3. The molecule has 2 aromatic carbocycles. The lowest BCUT2D eigenvalue weighted by atomic mass is 9.81. The molecular formula is C18H21BO. The summed E-state index contributed by atoms with van der Waals surface area (Å²) in [6, 6.07) is 17.3. The van der Waals surface area contributed by atoms with Gasteiger partial charge in [0.25, 0.3) is 0 Å². The molecule has 0 saturated heterocycles. The third kappa shape index (κ3) is 4.02. The van der Waals surface area contributed by atoms with Crippen molar-refractivity contribution in [1.29, 1.82) is 0 Å². The van der Waals surface area contributed by atoms with Crippen molar-refractivity contribution in [3.8, 4) is 0 Å². The van der Waals surface area contributed by atoms with Crippen LogP contribution in [-0.4, -0.2) is 13.0 Å². The van der Waals surface area contributed by atoms with Gasteiger partial charge in [-0.1, -0.05) is 60.7 Å². The Balaban J connectivity index is 2.01. The first-order chi connectivity index (χ1) is 9.54. The molecule has 1 unspecified atom stereocenters. The second-order valence-corrected chi connectivity index (χ2v) is 5.58. The molecule has 20 heavy (non-hydrogen) atoms. The van der Waals surface area contributed by atoms with Crippen LogP contribution < -0.4 is 0 Å². The summed E-state index contributed by atoms with van der Waals surface area (Å²) in [7, 11) is 1.99. The molecule has 0 bridgehead atoms. The molecule has 0 amide bonds. The summed E-state index contributed by atoms with van der Waals surface area (Å²) in [5, 5.41) is 9.36. The van der Waals surface area contributed by atoms with Crippen LogP contribution in [0.5, 0.6) is 0 Å². The molecule has 1 nitrogen and oxygen atoms in total. The van der Waals surface area contributed by atoms with Gasteiger partial charge in [0.15, 0.2) is 0 Å². The number of rotatable bonds is 5. The van der Waals surface area contributed by atoms with E-state index in [1.165, 1.54) is 22.3 Å². The van der Waals surface area contributed by atoms with Gasteiger partial charge < -0.3 is 5.11 Å². The van der Waals surface area contributed by atoms with E-state index in [9.17, 15) is 5.11 Å². The van der Waals surface area contributed by atoms with Crippen molar-refractivity contribution in [2.45, 2.75) is 25.6 Å². The highest BCUT2D eigenvalue weighted by molar-refractivity contribution is 6.13. The standard InChI is InChI=1S/C18H21BO/c1-13-3-5-15(6-4-13)11-16-7-9-17(10-8-16)12-18(19)14(2)20/h3-10,18,20H,2,11-12,19H2,1H3. The van der Waals surface area contributed by atoms with Crippen molar-refractivity contribution in [3.05, 3.63) is 83.1 Å². The molecular weight excluding hydrogens is 243 g/mol. The van der Waals surface area contributed by atoms with Crippen LogP contribution in [0.3, 0.4) is 0 Å². The van der Waals surface area contributed by atoms with Gasteiger partial charge in [-0.05, 0) is 42.3 Å². The number of hydrogen-bond donors (Lipinski definition) is 1. The summed E-state index contributed by atoms with van der Waals surface area (Å²) < 4.78 is 0. The highest BCUT2D eigenvalue weighted by Gasteiger charge is 2.06. The fourth-order valence-electron chi connectivity index (χ4n) is 2.21. The average Bonchev–Trinajstić information content (AvgIpc) is 2.43. The maximum absolute atomic E-state index is 9.36. The molecule has 1 atom stereocenters. The molecule has 1 N–H and O–H groups in total. The molecule has 0 aliphatic carbocycles. The molecule has 0 aromatic heterocycles. The fourth-order valence-corrected chi connectivity index (χ4v) is 2.21. The number of aryl methyl sites for hydroxylation is 1. The number of benzene rings is 2. The fraction of sp³-hybridized carbons (Fsp3) is 0.222. The highest BCUT2D eigenvalue weighted by atomic mass is 16.3. The minimum atomic E-state index is 0.109. The Morgan fingerprint density at radius 2 is 1.45 bits per heavy atom. The molecule has 0 spiro atoms. The maximum atomic E-state index is 9.36. The molecule has 2 heteroatoms. The first-order valence-corrected chi connectivity index (χ1v) is 7.05. The molecule has 2 aromatic rings. The van der Waals surface area contributed by atoms with Gasteiger partial charge in [-0.15, -0.1) is 0 Å². The van der Waals surface area contributed by atoms with E-state index >= 15 is 0 Å². The maximum Gasteiger partial charge on any atom is 0.115 e. The van der Waals surface area contributed by atoms with Crippen LogP contribution in [0.15, 0.2) is 60.9 Å². The molecule has 102 valence electrons. The Kier molecular flexibility index (Phi) is 4.68. The Morgan fingerprint density at radius 1 is 1.00 bits per heavy atom. The van der Waals surface area contributed by atoms with E-state index in [0.29, 0.717) is 0 Å². The Hall–Kier alpha value is -1.96. The van der Waals surface area contributed by atoms with E-state index in [2.05, 4.69) is 62.0 Å². The van der Waals surface area contributed by atoms with E-state index < -0.39 is 0 Å². The van der Waals surface area contributed by atoms with Crippen molar-refractivity contribution in [2.24, 2.45) is 0 Å². The van der Waals surface area contributed by atoms with Crippen molar-refractivity contribution in [2.75, 3.05) is 0 Å². The van der Waals surface area contributed by atoms with Gasteiger partial charge in [0.1, 0.15) is 7.85 Å². The summed E-state index contributed by atoms with van der Waals surface area (Å²) in [6.07, 6.45) is 1.79. The normalized spacial score (nSPS) is 12.1. The van der Waals surface area contributed by atoms with Gasteiger partial charge >= 0.3 is 0 Å². The lowest BCUT2D eigenvalue weighted by Gasteiger charge is -2.10. The van der Waals surface area contributed by atoms with Gasteiger partial charge in [-0.3, -0.25) is 0 Å². The monoisotopic (exact) mass is 264 g/mol. The average molecular weight is 264 g/mol. The number of aliphatic hydroxyl groups excluding tert-OH is 1. The third-order valence-electron chi connectivity index (χ3n) is 3.66. The van der Waals surface area contributed by atoms with Gasteiger partial charge in [-0.2, -0.15) is 0 Å². The quantitative estimate of drug-likeness (QED) is 0.646. The Bertz CT molecular complexity index is 569. The number of hydrogen-bond acceptors (Lipinski definition) is 1. The van der Waals surface area contributed by atoms with Crippen LogP contribution >= 0.6 is 0 Å². The van der Waals surface area contributed by atoms with Crippen molar-refractivity contribution >= 4 is 7.85 Å². The minimum absolute atomic E-state index is 0.109. The first kappa shape index (κ1) is 14.5. The zero-order valence-electron chi connectivity index (χ0n) is 12.3. The summed E-state index contributed by atoms with van der Waals surface area (Å²) in [5.41, 5.74) is 5.18. The Labute approximate surface area is 122 Å². The molecule has 0 aliphatic heterocycles. The van der Waals surface area contributed by atoms with Gasteiger partial charge in [-0.25, -0.2) is 0 Å². The van der Waals surface area contributed by atoms with E-state index in [1.54, 1.807) is 0 Å². The molecule has 0 aliphatic rings. The Morgan fingerprint density at radius 3 is 1.95 bits per heavy atom. The largest absolute Gasteiger partial charge is 0.513 e. The predicted molar refractivity (Wildman–Crippen MR) is 88.2 cm³/mol. The van der Waals surface area contributed by atoms with E-state index in [-0.39, 0.29) is 11.6 Å². The van der Waals surface area contributed by atoms with Gasteiger partial charge in [0.2, 0.25) is 0 Å².